The molecule has 0 saturated carbocycles. The van der Waals surface area contributed by atoms with Crippen molar-refractivity contribution in [1.82, 2.24) is 9.97 Å². The number of nitrogens with zero attached hydrogens (tertiary/aromatic N) is 2. The van der Waals surface area contributed by atoms with Crippen molar-refractivity contribution < 1.29 is 14.6 Å². The average molecular weight is 355 g/mol. The molecule has 0 amide bonds. The third kappa shape index (κ3) is 3.29. The van der Waals surface area contributed by atoms with Crippen LogP contribution < -0.4 is 4.74 Å². The molecule has 104 valence electrons. The third-order valence-electron chi connectivity index (χ3n) is 2.53. The SMILES string of the molecule is COc1nc(Sc2ccc(C)c(C(=O)O)c2)ncc1Br. The number of hydrogen-bond donors (Lipinski definition) is 1. The van der Waals surface area contributed by atoms with Crippen molar-refractivity contribution in [3.05, 3.63) is 40.0 Å². The number of aromatic carboxylic acids is 1. The highest BCUT2D eigenvalue weighted by Gasteiger charge is 2.11. The van der Waals surface area contributed by atoms with E-state index in [0.717, 1.165) is 10.5 Å². The monoisotopic (exact) mass is 354 g/mol. The quantitative estimate of drug-likeness (QED) is 0.848. The molecule has 5 nitrogen and oxygen atoms in total. The maximum absolute atomic E-state index is 11.1. The van der Waals surface area contributed by atoms with Crippen LogP contribution in [0.15, 0.2) is 38.9 Å². The number of aromatic nitrogens is 2. The molecule has 0 saturated heterocycles. The van der Waals surface area contributed by atoms with Crippen LogP contribution in [0.1, 0.15) is 15.9 Å². The summed E-state index contributed by atoms with van der Waals surface area (Å²) < 4.78 is 5.77. The Kier molecular flexibility index (Phi) is 4.61. The summed E-state index contributed by atoms with van der Waals surface area (Å²) in [5, 5.41) is 9.60. The summed E-state index contributed by atoms with van der Waals surface area (Å²) in [5.41, 5.74) is 0.996. The molecule has 0 aliphatic heterocycles. The number of carboxylic acids is 1. The van der Waals surface area contributed by atoms with E-state index in [1.165, 1.54) is 18.9 Å². The molecule has 20 heavy (non-hydrogen) atoms. The van der Waals surface area contributed by atoms with Gasteiger partial charge in [0.2, 0.25) is 5.88 Å². The summed E-state index contributed by atoms with van der Waals surface area (Å²) >= 11 is 4.56. The number of ether oxygens (including phenoxy) is 1. The molecular formula is C13H11BrN2O3S. The van der Waals surface area contributed by atoms with Gasteiger partial charge in [-0.3, -0.25) is 0 Å². The molecule has 0 fully saturated rings. The fraction of sp³-hybridized carbons (Fsp3) is 0.154. The summed E-state index contributed by atoms with van der Waals surface area (Å²) in [6.07, 6.45) is 1.60. The van der Waals surface area contributed by atoms with Gasteiger partial charge in [0.15, 0.2) is 5.16 Å². The predicted octanol–water partition coefficient (Wildman–Crippen LogP) is 3.41. The van der Waals surface area contributed by atoms with Crippen molar-refractivity contribution >= 4 is 33.7 Å². The lowest BCUT2D eigenvalue weighted by molar-refractivity contribution is 0.0696. The van der Waals surface area contributed by atoms with E-state index in [2.05, 4.69) is 25.9 Å². The van der Waals surface area contributed by atoms with Crippen LogP contribution in [0.25, 0.3) is 0 Å². The molecule has 1 heterocycles. The van der Waals surface area contributed by atoms with Gasteiger partial charge in [-0.2, -0.15) is 4.98 Å². The highest BCUT2D eigenvalue weighted by molar-refractivity contribution is 9.10. The second kappa shape index (κ2) is 6.23. The van der Waals surface area contributed by atoms with Gasteiger partial charge in [0.1, 0.15) is 0 Å². The molecule has 0 spiro atoms. The fourth-order valence-corrected chi connectivity index (χ4v) is 2.64. The Morgan fingerprint density at radius 3 is 2.85 bits per heavy atom. The summed E-state index contributed by atoms with van der Waals surface area (Å²) in [4.78, 5) is 20.2. The predicted molar refractivity (Wildman–Crippen MR) is 78.5 cm³/mol. The lowest BCUT2D eigenvalue weighted by atomic mass is 10.1. The molecule has 2 aromatic rings. The van der Waals surface area contributed by atoms with Gasteiger partial charge in [-0.05, 0) is 52.3 Å². The number of carbonyl (C=O) groups is 1. The van der Waals surface area contributed by atoms with Gasteiger partial charge in [0.25, 0.3) is 0 Å². The van der Waals surface area contributed by atoms with Crippen LogP contribution in [-0.2, 0) is 0 Å². The topological polar surface area (TPSA) is 72.3 Å². The van der Waals surface area contributed by atoms with Crippen LogP contribution in [0.5, 0.6) is 5.88 Å². The first kappa shape index (κ1) is 14.8. The maximum Gasteiger partial charge on any atom is 0.335 e. The van der Waals surface area contributed by atoms with E-state index >= 15 is 0 Å². The summed E-state index contributed by atoms with van der Waals surface area (Å²) in [7, 11) is 1.52. The van der Waals surface area contributed by atoms with Gasteiger partial charge in [0.05, 0.1) is 17.1 Å². The van der Waals surface area contributed by atoms with Gasteiger partial charge in [-0.25, -0.2) is 9.78 Å². The molecule has 0 unspecified atom stereocenters. The molecule has 1 N–H and O–H groups in total. The van der Waals surface area contributed by atoms with Crippen molar-refractivity contribution in [1.29, 1.82) is 0 Å². The Morgan fingerprint density at radius 2 is 2.20 bits per heavy atom. The van der Waals surface area contributed by atoms with Crippen LogP contribution in [0.3, 0.4) is 0 Å². The number of benzene rings is 1. The second-order valence-corrected chi connectivity index (χ2v) is 5.79. The van der Waals surface area contributed by atoms with Crippen LogP contribution in [0.4, 0.5) is 0 Å². The van der Waals surface area contributed by atoms with Crippen molar-refractivity contribution in [2.45, 2.75) is 17.0 Å². The van der Waals surface area contributed by atoms with Gasteiger partial charge >= 0.3 is 5.97 Å². The normalized spacial score (nSPS) is 10.3. The van der Waals surface area contributed by atoms with Crippen LogP contribution >= 0.6 is 27.7 Å². The lowest BCUT2D eigenvalue weighted by Gasteiger charge is -2.06. The number of aryl methyl sites for hydroxylation is 1. The molecule has 0 aliphatic carbocycles. The van der Waals surface area contributed by atoms with Crippen LogP contribution in [0, 0.1) is 6.92 Å². The lowest BCUT2D eigenvalue weighted by Crippen LogP contribution is -1.99. The van der Waals surface area contributed by atoms with Gasteiger partial charge in [0, 0.05) is 11.1 Å². The largest absolute Gasteiger partial charge is 0.480 e. The van der Waals surface area contributed by atoms with E-state index in [4.69, 9.17) is 9.84 Å². The maximum atomic E-state index is 11.1. The first-order chi connectivity index (χ1) is 9.51. The number of halogens is 1. The van der Waals surface area contributed by atoms with Crippen LogP contribution in [-0.4, -0.2) is 28.2 Å². The summed E-state index contributed by atoms with van der Waals surface area (Å²) in [6, 6.07) is 5.21. The summed E-state index contributed by atoms with van der Waals surface area (Å²) in [5.74, 6) is -0.507. The Bertz CT molecular complexity index is 664. The average Bonchev–Trinajstić information content (AvgIpc) is 2.42. The number of rotatable bonds is 4. The molecule has 2 rings (SSSR count). The first-order valence-corrected chi connectivity index (χ1v) is 7.20. The molecule has 0 bridgehead atoms. The highest BCUT2D eigenvalue weighted by Crippen LogP contribution is 2.30. The zero-order valence-corrected chi connectivity index (χ0v) is 13.2. The first-order valence-electron chi connectivity index (χ1n) is 5.59. The van der Waals surface area contributed by atoms with Crippen LogP contribution in [0.2, 0.25) is 0 Å². The zero-order chi connectivity index (χ0) is 14.7. The second-order valence-electron chi connectivity index (χ2n) is 3.89. The standard InChI is InChI=1S/C13H11BrN2O3S/c1-7-3-4-8(5-9(7)12(17)18)20-13-15-6-10(14)11(16-13)19-2/h3-6H,1-2H3,(H,17,18). The minimum absolute atomic E-state index is 0.277. The van der Waals surface area contributed by atoms with Crippen molar-refractivity contribution in [3.8, 4) is 5.88 Å². The number of methoxy groups -OCH3 is 1. The number of hydrogen-bond acceptors (Lipinski definition) is 5. The fourth-order valence-electron chi connectivity index (χ4n) is 1.53. The Morgan fingerprint density at radius 1 is 1.45 bits per heavy atom. The third-order valence-corrected chi connectivity index (χ3v) is 3.94. The Balaban J connectivity index is 2.30. The highest BCUT2D eigenvalue weighted by atomic mass is 79.9. The van der Waals surface area contributed by atoms with E-state index in [1.54, 1.807) is 25.3 Å². The van der Waals surface area contributed by atoms with E-state index in [0.29, 0.717) is 15.5 Å². The van der Waals surface area contributed by atoms with Crippen molar-refractivity contribution in [2.24, 2.45) is 0 Å². The molecule has 7 heteroatoms. The van der Waals surface area contributed by atoms with E-state index in [9.17, 15) is 4.79 Å². The molecule has 0 aliphatic rings. The van der Waals surface area contributed by atoms with E-state index in [1.807, 2.05) is 6.07 Å². The minimum atomic E-state index is -0.945. The molecule has 1 aromatic carbocycles. The summed E-state index contributed by atoms with van der Waals surface area (Å²) in [6.45, 7) is 1.76. The smallest absolute Gasteiger partial charge is 0.335 e. The van der Waals surface area contributed by atoms with Crippen molar-refractivity contribution in [3.63, 3.8) is 0 Å². The van der Waals surface area contributed by atoms with E-state index in [-0.39, 0.29) is 5.56 Å². The molecule has 1 aromatic heterocycles. The van der Waals surface area contributed by atoms with Gasteiger partial charge < -0.3 is 9.84 Å². The molecule has 0 radical (unpaired) electrons. The zero-order valence-electron chi connectivity index (χ0n) is 10.8. The Labute approximate surface area is 128 Å². The van der Waals surface area contributed by atoms with Gasteiger partial charge in [-0.15, -0.1) is 0 Å². The number of carboxylic acid groups (broad SMARTS) is 1. The molecule has 0 atom stereocenters. The van der Waals surface area contributed by atoms with E-state index < -0.39 is 5.97 Å². The Hall–Kier alpha value is -1.60. The minimum Gasteiger partial charge on any atom is -0.480 e. The molecular weight excluding hydrogens is 344 g/mol. The van der Waals surface area contributed by atoms with Gasteiger partial charge in [-0.1, -0.05) is 6.07 Å². The van der Waals surface area contributed by atoms with Crippen molar-refractivity contribution in [2.75, 3.05) is 7.11 Å².